The normalized spacial score (nSPS) is 15.1. The second-order valence-corrected chi connectivity index (χ2v) is 6.48. The summed E-state index contributed by atoms with van der Waals surface area (Å²) in [5.74, 6) is 0.978. The predicted molar refractivity (Wildman–Crippen MR) is 103 cm³/mol. The van der Waals surface area contributed by atoms with Gasteiger partial charge < -0.3 is 14.8 Å². The maximum Gasteiger partial charge on any atom is 0.252 e. The Morgan fingerprint density at radius 3 is 2.61 bits per heavy atom. The van der Waals surface area contributed by atoms with Gasteiger partial charge in [0.1, 0.15) is 18.5 Å². The Kier molecular flexibility index (Phi) is 5.19. The lowest BCUT2D eigenvalue weighted by Crippen LogP contribution is -2.34. The van der Waals surface area contributed by atoms with Gasteiger partial charge in [-0.2, -0.15) is 0 Å². The molecule has 1 atom stereocenters. The molecule has 1 aliphatic rings. The number of carbonyl (C=O) groups is 1. The monoisotopic (exact) mass is 378 g/mol. The van der Waals surface area contributed by atoms with Gasteiger partial charge in [-0.15, -0.1) is 0 Å². The molecule has 1 aliphatic heterocycles. The summed E-state index contributed by atoms with van der Waals surface area (Å²) >= 11 is 0. The van der Waals surface area contributed by atoms with Crippen molar-refractivity contribution in [1.82, 2.24) is 10.3 Å². The van der Waals surface area contributed by atoms with Gasteiger partial charge in [-0.3, -0.25) is 9.78 Å². The van der Waals surface area contributed by atoms with E-state index in [4.69, 9.17) is 9.47 Å². The van der Waals surface area contributed by atoms with Gasteiger partial charge in [-0.1, -0.05) is 12.1 Å². The zero-order valence-corrected chi connectivity index (χ0v) is 15.1. The third kappa shape index (κ3) is 4.11. The molecule has 1 amide bonds. The van der Waals surface area contributed by atoms with Crippen molar-refractivity contribution in [3.05, 3.63) is 78.2 Å². The molecule has 3 aromatic rings. The molecule has 1 N–H and O–H groups in total. The molecular weight excluding hydrogens is 359 g/mol. The third-order valence-corrected chi connectivity index (χ3v) is 4.49. The van der Waals surface area contributed by atoms with E-state index in [1.165, 1.54) is 18.3 Å². The Morgan fingerprint density at radius 1 is 1.07 bits per heavy atom. The fraction of sp³-hybridized carbons (Fsp3) is 0.182. The van der Waals surface area contributed by atoms with E-state index in [9.17, 15) is 9.18 Å². The van der Waals surface area contributed by atoms with Crippen molar-refractivity contribution >= 4 is 5.91 Å². The number of hydrogen-bond donors (Lipinski definition) is 1. The number of amides is 1. The highest BCUT2D eigenvalue weighted by Gasteiger charge is 2.20. The van der Waals surface area contributed by atoms with Gasteiger partial charge >= 0.3 is 0 Å². The zero-order chi connectivity index (χ0) is 19.3. The van der Waals surface area contributed by atoms with Crippen LogP contribution in [0.1, 0.15) is 16.8 Å². The maximum absolute atomic E-state index is 13.0. The van der Waals surface area contributed by atoms with E-state index in [0.29, 0.717) is 30.8 Å². The lowest BCUT2D eigenvalue weighted by molar-refractivity contribution is 0.0812. The number of rotatable bonds is 5. The standard InChI is InChI=1S/C22H19FN2O3/c23-17-8-5-15(6-9-17)19-10-7-16(13-25-19)22(26)24-12-11-18-14-27-20-3-1-2-4-21(20)28-18/h1-10,13,18H,11-12,14H2,(H,24,26)/t18-/m0/s1. The van der Waals surface area contributed by atoms with Crippen molar-refractivity contribution in [2.45, 2.75) is 12.5 Å². The molecule has 0 aliphatic carbocycles. The number of aromatic nitrogens is 1. The summed E-state index contributed by atoms with van der Waals surface area (Å²) < 4.78 is 24.6. The van der Waals surface area contributed by atoms with Crippen LogP contribution in [0.5, 0.6) is 11.5 Å². The highest BCUT2D eigenvalue weighted by molar-refractivity contribution is 5.94. The number of nitrogens with one attached hydrogen (secondary N) is 1. The number of fused-ring (bicyclic) bond motifs is 1. The summed E-state index contributed by atoms with van der Waals surface area (Å²) in [5.41, 5.74) is 1.95. The summed E-state index contributed by atoms with van der Waals surface area (Å²) in [6.45, 7) is 0.926. The summed E-state index contributed by atoms with van der Waals surface area (Å²) in [5, 5.41) is 2.87. The molecular formula is C22H19FN2O3. The first-order valence-electron chi connectivity index (χ1n) is 9.08. The van der Waals surface area contributed by atoms with Crippen molar-refractivity contribution in [2.75, 3.05) is 13.2 Å². The average molecular weight is 378 g/mol. The molecule has 0 spiro atoms. The first kappa shape index (κ1) is 18.0. The number of pyridine rings is 1. The molecule has 0 unspecified atom stereocenters. The molecule has 0 bridgehead atoms. The zero-order valence-electron chi connectivity index (χ0n) is 15.1. The molecule has 4 rings (SSSR count). The molecule has 5 nitrogen and oxygen atoms in total. The molecule has 142 valence electrons. The van der Waals surface area contributed by atoms with E-state index in [2.05, 4.69) is 10.3 Å². The van der Waals surface area contributed by atoms with Crippen LogP contribution in [0, 0.1) is 5.82 Å². The first-order valence-corrected chi connectivity index (χ1v) is 9.08. The fourth-order valence-corrected chi connectivity index (χ4v) is 2.97. The van der Waals surface area contributed by atoms with Crippen molar-refractivity contribution in [3.63, 3.8) is 0 Å². The third-order valence-electron chi connectivity index (χ3n) is 4.49. The minimum absolute atomic E-state index is 0.103. The van der Waals surface area contributed by atoms with Crippen LogP contribution in [-0.4, -0.2) is 30.1 Å². The molecule has 28 heavy (non-hydrogen) atoms. The summed E-state index contributed by atoms with van der Waals surface area (Å²) in [6.07, 6.45) is 2.06. The molecule has 2 heterocycles. The lowest BCUT2D eigenvalue weighted by atomic mass is 10.1. The van der Waals surface area contributed by atoms with E-state index in [1.807, 2.05) is 24.3 Å². The minimum atomic E-state index is -0.296. The highest BCUT2D eigenvalue weighted by atomic mass is 19.1. The number of carbonyl (C=O) groups excluding carboxylic acids is 1. The minimum Gasteiger partial charge on any atom is -0.486 e. The summed E-state index contributed by atoms with van der Waals surface area (Å²) in [6, 6.07) is 17.1. The van der Waals surface area contributed by atoms with Gasteiger partial charge in [-0.05, 0) is 48.5 Å². The van der Waals surface area contributed by atoms with E-state index in [0.717, 1.165) is 17.1 Å². The Labute approximate surface area is 162 Å². The quantitative estimate of drug-likeness (QED) is 0.733. The maximum atomic E-state index is 13.0. The predicted octanol–water partition coefficient (Wildman–Crippen LogP) is 3.85. The van der Waals surface area contributed by atoms with E-state index in [-0.39, 0.29) is 17.8 Å². The van der Waals surface area contributed by atoms with Crippen LogP contribution < -0.4 is 14.8 Å². The first-order chi connectivity index (χ1) is 13.7. The lowest BCUT2D eigenvalue weighted by Gasteiger charge is -2.26. The Hall–Kier alpha value is -3.41. The van der Waals surface area contributed by atoms with Gasteiger partial charge in [0.05, 0.1) is 11.3 Å². The highest BCUT2D eigenvalue weighted by Crippen LogP contribution is 2.31. The Morgan fingerprint density at radius 2 is 1.86 bits per heavy atom. The van der Waals surface area contributed by atoms with Crippen molar-refractivity contribution < 1.29 is 18.7 Å². The smallest absolute Gasteiger partial charge is 0.252 e. The van der Waals surface area contributed by atoms with Crippen molar-refractivity contribution in [1.29, 1.82) is 0 Å². The van der Waals surface area contributed by atoms with Gasteiger partial charge in [-0.25, -0.2) is 4.39 Å². The number of hydrogen-bond acceptors (Lipinski definition) is 4. The second-order valence-electron chi connectivity index (χ2n) is 6.48. The van der Waals surface area contributed by atoms with E-state index in [1.54, 1.807) is 24.3 Å². The number of para-hydroxylation sites is 2. The van der Waals surface area contributed by atoms with Crippen LogP contribution in [0.3, 0.4) is 0 Å². The topological polar surface area (TPSA) is 60.5 Å². The van der Waals surface area contributed by atoms with Crippen LogP contribution in [0.4, 0.5) is 4.39 Å². The van der Waals surface area contributed by atoms with Crippen LogP contribution in [0.25, 0.3) is 11.3 Å². The Bertz CT molecular complexity index is 958. The average Bonchev–Trinajstić information content (AvgIpc) is 2.74. The van der Waals surface area contributed by atoms with Gasteiger partial charge in [0.15, 0.2) is 11.5 Å². The molecule has 2 aromatic carbocycles. The fourth-order valence-electron chi connectivity index (χ4n) is 2.97. The molecule has 0 saturated heterocycles. The largest absolute Gasteiger partial charge is 0.486 e. The SMILES string of the molecule is O=C(NCC[C@H]1COc2ccccc2O1)c1ccc(-c2ccc(F)cc2)nc1. The van der Waals surface area contributed by atoms with E-state index < -0.39 is 0 Å². The van der Waals surface area contributed by atoms with Gasteiger partial charge in [0.25, 0.3) is 5.91 Å². The number of halogens is 1. The van der Waals surface area contributed by atoms with Crippen LogP contribution >= 0.6 is 0 Å². The van der Waals surface area contributed by atoms with Crippen LogP contribution in [0.15, 0.2) is 66.9 Å². The molecule has 1 aromatic heterocycles. The van der Waals surface area contributed by atoms with Crippen LogP contribution in [0.2, 0.25) is 0 Å². The Balaban J connectivity index is 1.29. The van der Waals surface area contributed by atoms with Gasteiger partial charge in [0, 0.05) is 24.7 Å². The van der Waals surface area contributed by atoms with Crippen molar-refractivity contribution in [2.24, 2.45) is 0 Å². The van der Waals surface area contributed by atoms with Gasteiger partial charge in [0.2, 0.25) is 0 Å². The molecule has 0 saturated carbocycles. The second kappa shape index (κ2) is 8.08. The van der Waals surface area contributed by atoms with Crippen molar-refractivity contribution in [3.8, 4) is 22.8 Å². The summed E-state index contributed by atoms with van der Waals surface area (Å²) in [7, 11) is 0. The number of benzene rings is 2. The molecule has 0 radical (unpaired) electrons. The summed E-state index contributed by atoms with van der Waals surface area (Å²) in [4.78, 5) is 16.6. The van der Waals surface area contributed by atoms with Crippen LogP contribution in [-0.2, 0) is 0 Å². The molecule has 6 heteroatoms. The number of nitrogens with zero attached hydrogens (tertiary/aromatic N) is 1. The molecule has 0 fully saturated rings. The number of ether oxygens (including phenoxy) is 2. The van der Waals surface area contributed by atoms with E-state index >= 15 is 0 Å².